The predicted molar refractivity (Wildman–Crippen MR) is 119 cm³/mol. The molecule has 152 valence electrons. The third-order valence-corrected chi connectivity index (χ3v) is 5.18. The normalized spacial score (nSPS) is 10.9. The average Bonchev–Trinajstić information content (AvgIpc) is 3.26. The Hall–Kier alpha value is -3.80. The van der Waals surface area contributed by atoms with Crippen LogP contribution in [0.5, 0.6) is 11.5 Å². The van der Waals surface area contributed by atoms with E-state index in [2.05, 4.69) is 4.98 Å². The van der Waals surface area contributed by atoms with Crippen molar-refractivity contribution < 1.29 is 9.53 Å². The van der Waals surface area contributed by atoms with Crippen molar-refractivity contribution in [3.05, 3.63) is 77.3 Å². The number of nitrogens with one attached hydrogen (secondary N) is 1. The lowest BCUT2D eigenvalue weighted by atomic mass is 10.0. The van der Waals surface area contributed by atoms with Gasteiger partial charge in [-0.25, -0.2) is 0 Å². The van der Waals surface area contributed by atoms with E-state index in [0.29, 0.717) is 23.4 Å². The minimum absolute atomic E-state index is 0.0185. The van der Waals surface area contributed by atoms with Gasteiger partial charge in [0.1, 0.15) is 17.0 Å². The number of benzene rings is 2. The summed E-state index contributed by atoms with van der Waals surface area (Å²) in [4.78, 5) is 29.4. The molecule has 0 unspecified atom stereocenters. The highest BCUT2D eigenvalue weighted by Crippen LogP contribution is 2.38. The molecule has 0 saturated carbocycles. The Balaban J connectivity index is 1.93. The molecule has 2 heterocycles. The molecule has 0 aliphatic heterocycles. The quantitative estimate of drug-likeness (QED) is 0.527. The molecule has 0 fully saturated rings. The lowest BCUT2D eigenvalue weighted by molar-refractivity contribution is -0.118. The van der Waals surface area contributed by atoms with Crippen LogP contribution in [0.4, 0.5) is 5.69 Å². The first-order valence-electron chi connectivity index (χ1n) is 9.80. The molecular weight excluding hydrogens is 378 g/mol. The lowest BCUT2D eigenvalue weighted by Gasteiger charge is -2.20. The van der Waals surface area contributed by atoms with Crippen LogP contribution in [0.3, 0.4) is 0 Å². The van der Waals surface area contributed by atoms with Gasteiger partial charge in [0.25, 0.3) is 5.56 Å². The summed E-state index contributed by atoms with van der Waals surface area (Å²) in [5.41, 5.74) is 2.84. The highest BCUT2D eigenvalue weighted by atomic mass is 16.5. The van der Waals surface area contributed by atoms with E-state index >= 15 is 0 Å². The van der Waals surface area contributed by atoms with E-state index in [1.165, 1.54) is 0 Å². The van der Waals surface area contributed by atoms with Crippen LogP contribution in [0.15, 0.2) is 71.8 Å². The number of para-hydroxylation sites is 1. The van der Waals surface area contributed by atoms with Crippen LogP contribution in [-0.4, -0.2) is 22.5 Å². The van der Waals surface area contributed by atoms with Crippen LogP contribution >= 0.6 is 0 Å². The molecule has 0 radical (unpaired) electrons. The van der Waals surface area contributed by atoms with Crippen LogP contribution in [0.25, 0.3) is 22.0 Å². The van der Waals surface area contributed by atoms with Crippen molar-refractivity contribution in [1.82, 2.24) is 9.55 Å². The minimum Gasteiger partial charge on any atom is -0.457 e. The van der Waals surface area contributed by atoms with Gasteiger partial charge < -0.3 is 19.2 Å². The molecule has 0 atom stereocenters. The maximum Gasteiger partial charge on any atom is 0.274 e. The minimum atomic E-state index is -0.0984. The standard InChI is InChI=1S/C24H23N3O3/c1-4-22(28)27(3)16-10-11-21(30-17-8-6-5-7-9-17)19(14-16)20-15-26(2)24(29)23-18(20)12-13-25-23/h5-15,25H,4H2,1-3H3. The monoisotopic (exact) mass is 401 g/mol. The number of carbonyl (C=O) groups is 1. The van der Waals surface area contributed by atoms with E-state index in [4.69, 9.17) is 4.74 Å². The van der Waals surface area contributed by atoms with Gasteiger partial charge in [-0.15, -0.1) is 0 Å². The van der Waals surface area contributed by atoms with Gasteiger partial charge in [-0.3, -0.25) is 9.59 Å². The van der Waals surface area contributed by atoms with Gasteiger partial charge in [-0.05, 0) is 36.4 Å². The molecule has 0 spiro atoms. The van der Waals surface area contributed by atoms with E-state index in [1.807, 2.05) is 61.5 Å². The summed E-state index contributed by atoms with van der Waals surface area (Å²) >= 11 is 0. The summed E-state index contributed by atoms with van der Waals surface area (Å²) in [5, 5.41) is 0.803. The molecule has 4 rings (SSSR count). The Labute approximate surface area is 174 Å². The van der Waals surface area contributed by atoms with Gasteiger partial charge in [-0.1, -0.05) is 25.1 Å². The average molecular weight is 401 g/mol. The summed E-state index contributed by atoms with van der Waals surface area (Å²) in [6.07, 6.45) is 3.97. The molecule has 2 aromatic carbocycles. The Bertz CT molecular complexity index is 1270. The Morgan fingerprint density at radius 3 is 2.60 bits per heavy atom. The zero-order valence-corrected chi connectivity index (χ0v) is 17.2. The van der Waals surface area contributed by atoms with E-state index in [-0.39, 0.29) is 11.5 Å². The summed E-state index contributed by atoms with van der Waals surface area (Å²) in [6, 6.07) is 17.1. The fourth-order valence-electron chi connectivity index (χ4n) is 3.51. The van der Waals surface area contributed by atoms with Gasteiger partial charge in [0.2, 0.25) is 5.91 Å². The number of hydrogen-bond donors (Lipinski definition) is 1. The number of amides is 1. The van der Waals surface area contributed by atoms with Crippen LogP contribution in [0.1, 0.15) is 13.3 Å². The topological polar surface area (TPSA) is 67.3 Å². The Kier molecular flexibility index (Phi) is 5.14. The van der Waals surface area contributed by atoms with Gasteiger partial charge in [0.05, 0.1) is 0 Å². The summed E-state index contributed by atoms with van der Waals surface area (Å²) < 4.78 is 7.73. The van der Waals surface area contributed by atoms with Crippen LogP contribution < -0.4 is 15.2 Å². The molecule has 30 heavy (non-hydrogen) atoms. The van der Waals surface area contributed by atoms with Crippen LogP contribution in [0, 0.1) is 0 Å². The smallest absolute Gasteiger partial charge is 0.274 e. The van der Waals surface area contributed by atoms with Crippen molar-refractivity contribution in [2.75, 3.05) is 11.9 Å². The number of fused-ring (bicyclic) bond motifs is 1. The first-order chi connectivity index (χ1) is 14.5. The third-order valence-electron chi connectivity index (χ3n) is 5.18. The molecule has 0 saturated heterocycles. The van der Waals surface area contributed by atoms with E-state index in [0.717, 1.165) is 22.2 Å². The highest BCUT2D eigenvalue weighted by Gasteiger charge is 2.18. The number of aryl methyl sites for hydroxylation is 1. The largest absolute Gasteiger partial charge is 0.457 e. The number of aromatic nitrogens is 2. The van der Waals surface area contributed by atoms with Gasteiger partial charge in [0.15, 0.2) is 0 Å². The second kappa shape index (κ2) is 7.91. The highest BCUT2D eigenvalue weighted by molar-refractivity contribution is 5.98. The van der Waals surface area contributed by atoms with Crippen molar-refractivity contribution in [3.8, 4) is 22.6 Å². The molecular formula is C24H23N3O3. The molecule has 0 aliphatic rings. The van der Waals surface area contributed by atoms with Crippen LogP contribution in [0.2, 0.25) is 0 Å². The number of nitrogens with zero attached hydrogens (tertiary/aromatic N) is 2. The summed E-state index contributed by atoms with van der Waals surface area (Å²) in [6.45, 7) is 1.84. The summed E-state index contributed by atoms with van der Waals surface area (Å²) in [7, 11) is 3.48. The molecule has 4 aromatic rings. The lowest BCUT2D eigenvalue weighted by Crippen LogP contribution is -2.25. The van der Waals surface area contributed by atoms with E-state index in [9.17, 15) is 9.59 Å². The van der Waals surface area contributed by atoms with Crippen molar-refractivity contribution >= 4 is 22.5 Å². The number of ether oxygens (including phenoxy) is 1. The van der Waals surface area contributed by atoms with Crippen molar-refractivity contribution in [2.24, 2.45) is 7.05 Å². The number of anilines is 1. The molecule has 0 bridgehead atoms. The Morgan fingerprint density at radius 2 is 1.87 bits per heavy atom. The maximum atomic E-state index is 12.5. The second-order valence-corrected chi connectivity index (χ2v) is 7.13. The molecule has 6 nitrogen and oxygen atoms in total. The molecule has 1 amide bonds. The second-order valence-electron chi connectivity index (χ2n) is 7.13. The fraction of sp³-hybridized carbons (Fsp3) is 0.167. The summed E-state index contributed by atoms with van der Waals surface area (Å²) in [5.74, 6) is 1.37. The SMILES string of the molecule is CCC(=O)N(C)c1ccc(Oc2ccccc2)c(-c2cn(C)c(=O)c3[nH]ccc23)c1. The van der Waals surface area contributed by atoms with Crippen molar-refractivity contribution in [3.63, 3.8) is 0 Å². The molecule has 2 aromatic heterocycles. The van der Waals surface area contributed by atoms with Crippen LogP contribution in [-0.2, 0) is 11.8 Å². The van der Waals surface area contributed by atoms with Gasteiger partial charge in [-0.2, -0.15) is 0 Å². The third kappa shape index (κ3) is 3.48. The zero-order chi connectivity index (χ0) is 21.3. The number of H-pyrrole nitrogens is 1. The first kappa shape index (κ1) is 19.5. The van der Waals surface area contributed by atoms with E-state index in [1.54, 1.807) is 36.0 Å². The zero-order valence-electron chi connectivity index (χ0n) is 17.2. The van der Waals surface area contributed by atoms with E-state index < -0.39 is 0 Å². The number of aromatic amines is 1. The van der Waals surface area contributed by atoms with Crippen molar-refractivity contribution in [2.45, 2.75) is 13.3 Å². The predicted octanol–water partition coefficient (Wildman–Crippen LogP) is 4.70. The fourth-order valence-corrected chi connectivity index (χ4v) is 3.51. The van der Waals surface area contributed by atoms with Crippen molar-refractivity contribution in [1.29, 1.82) is 0 Å². The molecule has 1 N–H and O–H groups in total. The van der Waals surface area contributed by atoms with Gasteiger partial charge in [0, 0.05) is 55.1 Å². The molecule has 6 heteroatoms. The number of rotatable bonds is 5. The molecule has 0 aliphatic carbocycles. The number of hydrogen-bond acceptors (Lipinski definition) is 3. The first-order valence-corrected chi connectivity index (χ1v) is 9.80. The number of carbonyl (C=O) groups excluding carboxylic acids is 1. The van der Waals surface area contributed by atoms with Gasteiger partial charge >= 0.3 is 0 Å². The maximum absolute atomic E-state index is 12.5. The number of pyridine rings is 1. The Morgan fingerprint density at radius 1 is 1.10 bits per heavy atom.